The summed E-state index contributed by atoms with van der Waals surface area (Å²) in [7, 11) is -7.25. The van der Waals surface area contributed by atoms with Gasteiger partial charge in [0.1, 0.15) is 91.9 Å². The third kappa shape index (κ3) is 24.0. The minimum atomic E-state index is -3.71. The van der Waals surface area contributed by atoms with E-state index in [0.717, 1.165) is 57.2 Å². The number of carbonyl (C=O) groups excluding carboxylic acids is 3. The number of azide groups is 2. The number of nitrogens with zero attached hydrogens (tertiary/aromatic N) is 6. The van der Waals surface area contributed by atoms with E-state index in [1.165, 1.54) is 6.92 Å². The molecule has 0 radical (unpaired) electrons. The smallest absolute Gasteiger partial charge is 0.338 e. The predicted molar refractivity (Wildman–Crippen MR) is 544 cm³/mol. The van der Waals surface area contributed by atoms with Crippen LogP contribution in [0, 0.1) is 0 Å². The van der Waals surface area contributed by atoms with Crippen molar-refractivity contribution in [3.05, 3.63) is 402 Å². The van der Waals surface area contributed by atoms with Crippen LogP contribution in [0.15, 0.2) is 353 Å². The van der Waals surface area contributed by atoms with Gasteiger partial charge in [0.25, 0.3) is 16.6 Å². The average Bonchev–Trinajstić information content (AvgIpc) is 0.941. The zero-order valence-electron chi connectivity index (χ0n) is 79.7. The molecule has 5 aliphatic rings. The molecule has 0 aromatic heterocycles. The molecule has 142 heavy (non-hydrogen) atoms. The number of fused-ring (bicyclic) bond motifs is 3. The summed E-state index contributed by atoms with van der Waals surface area (Å²) in [6.07, 6.45) is -26.0. The van der Waals surface area contributed by atoms with Crippen molar-refractivity contribution >= 4 is 97.9 Å². The zero-order valence-corrected chi connectivity index (χ0v) is 84.8. The van der Waals surface area contributed by atoms with Gasteiger partial charge in [0.15, 0.2) is 37.4 Å². The van der Waals surface area contributed by atoms with E-state index < -0.39 is 174 Å². The van der Waals surface area contributed by atoms with E-state index in [1.807, 2.05) is 218 Å². The predicted octanol–water partition coefficient (Wildman–Crippen LogP) is 19.2. The lowest BCUT2D eigenvalue weighted by Crippen LogP contribution is -2.70. The Bertz CT molecular complexity index is 6140. The number of esters is 3. The number of ether oxygens (including phenoxy) is 16. The lowest BCUT2D eigenvalue weighted by molar-refractivity contribution is -0.377. The Balaban J connectivity index is 0.832. The molecular weight excluding hydrogens is 1970 g/mol. The highest BCUT2D eigenvalue weighted by Crippen LogP contribution is 2.46. The first-order valence-corrected chi connectivity index (χ1v) is 53.0. The van der Waals surface area contributed by atoms with Gasteiger partial charge in [-0.25, -0.2) is 9.59 Å². The normalized spacial score (nSPS) is 25.1. The van der Waals surface area contributed by atoms with Gasteiger partial charge in [-0.05, 0) is 135 Å². The first kappa shape index (κ1) is 102. The molecule has 5 fully saturated rings. The van der Waals surface area contributed by atoms with Gasteiger partial charge >= 0.3 is 17.9 Å². The van der Waals surface area contributed by atoms with E-state index >= 15 is 4.79 Å². The molecule has 2 bridgehead atoms. The molecule has 0 N–H and O–H groups in total. The van der Waals surface area contributed by atoms with E-state index in [-0.39, 0.29) is 64.0 Å². The summed E-state index contributed by atoms with van der Waals surface area (Å²) in [5.41, 5.74) is 26.8. The van der Waals surface area contributed by atoms with Crippen molar-refractivity contribution in [3.63, 3.8) is 0 Å². The van der Waals surface area contributed by atoms with Crippen molar-refractivity contribution < 1.29 is 99.0 Å². The van der Waals surface area contributed by atoms with E-state index in [9.17, 15) is 20.7 Å². The van der Waals surface area contributed by atoms with Gasteiger partial charge in [0.2, 0.25) is 0 Å². The minimum Gasteiger partial charge on any atom is -0.463 e. The summed E-state index contributed by atoms with van der Waals surface area (Å²) in [6.45, 7) is 12.4. The number of hydrogen-bond acceptors (Lipinski definition) is 23. The quantitative estimate of drug-likeness (QED) is 0.00862. The van der Waals surface area contributed by atoms with Crippen LogP contribution >= 0.6 is 31.9 Å². The number of halogens is 2. The van der Waals surface area contributed by atoms with Crippen molar-refractivity contribution in [2.24, 2.45) is 10.2 Å². The topological polar surface area (TPSA) is 315 Å². The van der Waals surface area contributed by atoms with Gasteiger partial charge < -0.3 is 84.6 Å². The molecule has 0 unspecified atom stereocenters. The Kier molecular flexibility index (Phi) is 34.2. The molecule has 0 spiro atoms. The summed E-state index contributed by atoms with van der Waals surface area (Å²) in [6, 6.07) is 102. The van der Waals surface area contributed by atoms with Crippen LogP contribution in [0.25, 0.3) is 31.7 Å². The monoisotopic (exact) mass is 2080 g/mol. The third-order valence-electron chi connectivity index (χ3n) is 26.3. The second kappa shape index (κ2) is 47.5. The maximum atomic E-state index is 16.0. The Morgan fingerprint density at radius 1 is 0.359 bits per heavy atom. The molecule has 20 atom stereocenters. The molecule has 27 nitrogen and oxygen atoms in total. The lowest BCUT2D eigenvalue weighted by atomic mass is 9.94. The lowest BCUT2D eigenvalue weighted by Gasteiger charge is -2.52. The van der Waals surface area contributed by atoms with Crippen LogP contribution in [0.4, 0.5) is 0 Å². The molecule has 17 rings (SSSR count). The molecule has 5 saturated heterocycles. The van der Waals surface area contributed by atoms with Gasteiger partial charge in [-0.15, -0.1) is 0 Å². The van der Waals surface area contributed by atoms with Crippen molar-refractivity contribution in [2.75, 3.05) is 26.4 Å². The summed E-state index contributed by atoms with van der Waals surface area (Å²) < 4.78 is 133. The molecule has 5 aliphatic heterocycles. The first-order valence-electron chi connectivity index (χ1n) is 47.6. The standard InChI is InChI=1S/C111H114Br2N6O21Si2/c1-72(120)123-68-88-96(138-106-92(116-118-114)98(125-65-75-53-58-82(112)59-54-75)94(124-67-77-52-57-78-38-32-33-43-81(78)62-77)90(132-106)70-130-141(110(2,3)4,84-44-24-12-25-45-84)85-46-26-13-27-47-85)101(128-64-74-36-18-9-19-37-74)103(137-105(122)80-41-22-11-23-42-80)109(135-88)140-95-91(71-131-142(111(5,6)7,86-48-28-14-29-49-86)87-50-30-15-31-51-87)133-107(93(117-119-115)99(95)126-66-76-55-60-83(113)61-56-76)139-97-89-69-129-108(134-89)102(136-104(121)79-39-20-10-21-40-79)100(97)127-63-73-34-16-8-17-35-73/h8-62,88-103,106-109H,63-71H2,1-7H3/t88-,89-,90+,91+,92+,93+,94+,95+,96+,97+,98+,99+,100-,101-,102+,103+,106+,107+,108-,109-/m0/s1. The highest BCUT2D eigenvalue weighted by molar-refractivity contribution is 9.10. The molecule has 736 valence electrons. The third-order valence-corrected chi connectivity index (χ3v) is 37.4. The summed E-state index contributed by atoms with van der Waals surface area (Å²) >= 11 is 7.27. The molecule has 0 saturated carbocycles. The summed E-state index contributed by atoms with van der Waals surface area (Å²) in [5.74, 6) is -2.32. The molecule has 31 heteroatoms. The van der Waals surface area contributed by atoms with Crippen molar-refractivity contribution in [2.45, 2.75) is 214 Å². The van der Waals surface area contributed by atoms with Crippen LogP contribution in [0.3, 0.4) is 0 Å². The SMILES string of the molecule is CC(=O)OC[C@@H]1O[C@@H](O[C@H]2[C@H](OCc3ccc(Br)cc3)[C@@H](N=[N+]=[N-])[C@@H](O[C@H]3[C@H](OCc4ccccc4)[C@@H](OC(=O)c4ccccc4)[C@H]4OC[C@@H]3O4)O[C@@H]2CO[Si](c2ccccc2)(c2ccccc2)C(C)(C)C)[C@H](OC(=O)c2ccccc2)[C@@H](OCc2ccccc2)[C@@H]1O[C@H]1O[C@H](CO[Si](c2ccccc2)(c2ccccc2)C(C)(C)C)[C@@H](OCc2ccc3ccccc3c2)[C@H](OCc2ccc(Br)cc2)[C@H]1N=[N+]=[N-]. The largest absolute Gasteiger partial charge is 0.463 e. The average molecular weight is 2080 g/mol. The van der Waals surface area contributed by atoms with Gasteiger partial charge in [0, 0.05) is 25.7 Å². The Morgan fingerprint density at radius 3 is 1.14 bits per heavy atom. The highest BCUT2D eigenvalue weighted by atomic mass is 79.9. The highest BCUT2D eigenvalue weighted by Gasteiger charge is 2.62. The number of carbonyl (C=O) groups is 3. The van der Waals surface area contributed by atoms with Crippen LogP contribution < -0.4 is 20.7 Å². The van der Waals surface area contributed by atoms with Crippen LogP contribution in [0.2, 0.25) is 10.1 Å². The van der Waals surface area contributed by atoms with Crippen molar-refractivity contribution in [1.82, 2.24) is 0 Å². The van der Waals surface area contributed by atoms with E-state index in [1.54, 1.807) is 60.7 Å². The molecule has 5 heterocycles. The molecular formula is C111H114Br2N6O21Si2. The Hall–Kier alpha value is -11.3. The Morgan fingerprint density at radius 2 is 0.697 bits per heavy atom. The summed E-state index contributed by atoms with van der Waals surface area (Å²) in [4.78, 5) is 51.7. The molecule has 0 amide bonds. The minimum absolute atomic E-state index is 0.00423. The molecule has 12 aromatic rings. The summed E-state index contributed by atoms with van der Waals surface area (Å²) in [5, 5.41) is 13.7. The fourth-order valence-corrected chi connectivity index (χ4v) is 29.2. The van der Waals surface area contributed by atoms with E-state index in [2.05, 4.69) is 148 Å². The van der Waals surface area contributed by atoms with Crippen LogP contribution in [-0.2, 0) is 122 Å². The van der Waals surface area contributed by atoms with Crippen LogP contribution in [0.1, 0.15) is 97.0 Å². The van der Waals surface area contributed by atoms with Crippen molar-refractivity contribution in [1.29, 1.82) is 0 Å². The van der Waals surface area contributed by atoms with Gasteiger partial charge in [-0.3, -0.25) is 4.79 Å². The molecule has 0 aliphatic carbocycles. The van der Waals surface area contributed by atoms with Crippen LogP contribution in [0.5, 0.6) is 0 Å². The second-order valence-electron chi connectivity index (χ2n) is 37.7. The maximum absolute atomic E-state index is 16.0. The van der Waals surface area contributed by atoms with Gasteiger partial charge in [-0.1, -0.05) is 363 Å². The molecule has 12 aromatic carbocycles. The zero-order chi connectivity index (χ0) is 98.8. The number of benzene rings is 12. The second-order valence-corrected chi connectivity index (χ2v) is 48.1. The first-order chi connectivity index (χ1) is 69.0. The van der Waals surface area contributed by atoms with Gasteiger partial charge in [0.05, 0.1) is 64.0 Å². The fourth-order valence-electron chi connectivity index (χ4n) is 19.5. The Labute approximate surface area is 844 Å². The van der Waals surface area contributed by atoms with Gasteiger partial charge in [-0.2, -0.15) is 0 Å². The fraction of sp³-hybridized carbons (Fsp3) is 0.342. The van der Waals surface area contributed by atoms with E-state index in [0.29, 0.717) is 11.1 Å². The number of rotatable bonds is 39. The number of hydrogen-bond donors (Lipinski definition) is 0. The van der Waals surface area contributed by atoms with E-state index in [4.69, 9.17) is 84.6 Å². The van der Waals surface area contributed by atoms with Crippen molar-refractivity contribution in [3.8, 4) is 0 Å². The maximum Gasteiger partial charge on any atom is 0.338 e. The van der Waals surface area contributed by atoms with Crippen LogP contribution in [-0.4, -0.2) is 184 Å².